The van der Waals surface area contributed by atoms with Crippen LogP contribution >= 0.6 is 0 Å². The minimum absolute atomic E-state index is 0.0786. The summed E-state index contributed by atoms with van der Waals surface area (Å²) < 4.78 is 19.6. The maximum absolute atomic E-state index is 14.3. The highest BCUT2D eigenvalue weighted by Gasteiger charge is 2.21. The van der Waals surface area contributed by atoms with Gasteiger partial charge in [-0.05, 0) is 31.0 Å². The zero-order chi connectivity index (χ0) is 16.0. The van der Waals surface area contributed by atoms with Gasteiger partial charge in [-0.2, -0.15) is 0 Å². The van der Waals surface area contributed by atoms with E-state index >= 15 is 0 Å². The molecule has 1 atom stereocenters. The summed E-state index contributed by atoms with van der Waals surface area (Å²) in [6, 6.07) is 5.37. The summed E-state index contributed by atoms with van der Waals surface area (Å²) in [5.74, 6) is -0.192. The highest BCUT2D eigenvalue weighted by atomic mass is 19.1. The van der Waals surface area contributed by atoms with Gasteiger partial charge >= 0.3 is 0 Å². The first-order chi connectivity index (χ1) is 10.6. The van der Waals surface area contributed by atoms with Gasteiger partial charge in [0, 0.05) is 25.2 Å². The molecule has 1 heterocycles. The fourth-order valence-electron chi connectivity index (χ4n) is 2.81. The largest absolute Gasteiger partial charge is 0.394 e. The van der Waals surface area contributed by atoms with E-state index in [4.69, 9.17) is 4.74 Å². The molecule has 2 N–H and O–H groups in total. The number of benzene rings is 1. The molecule has 0 bridgehead atoms. The topological polar surface area (TPSA) is 44.7 Å². The first-order valence-electron chi connectivity index (χ1n) is 8.05. The van der Waals surface area contributed by atoms with Crippen LogP contribution < -0.4 is 10.2 Å². The number of halogens is 1. The second kappa shape index (κ2) is 7.90. The van der Waals surface area contributed by atoms with Crippen molar-refractivity contribution in [3.8, 4) is 0 Å². The summed E-state index contributed by atoms with van der Waals surface area (Å²) in [4.78, 5) is 2.02. The van der Waals surface area contributed by atoms with Crippen LogP contribution in [0.2, 0.25) is 0 Å². The monoisotopic (exact) mass is 310 g/mol. The number of aliphatic hydroxyl groups excluding tert-OH is 1. The molecule has 0 saturated carbocycles. The maximum Gasteiger partial charge on any atom is 0.146 e. The van der Waals surface area contributed by atoms with Crippen LogP contribution in [0.15, 0.2) is 18.2 Å². The molecule has 2 rings (SSSR count). The third-order valence-corrected chi connectivity index (χ3v) is 4.23. The lowest BCUT2D eigenvalue weighted by Crippen LogP contribution is -2.45. The van der Waals surface area contributed by atoms with Crippen molar-refractivity contribution in [1.82, 2.24) is 5.32 Å². The van der Waals surface area contributed by atoms with E-state index in [9.17, 15) is 9.50 Å². The molecule has 0 radical (unpaired) electrons. The van der Waals surface area contributed by atoms with Crippen molar-refractivity contribution in [2.45, 2.75) is 38.8 Å². The third kappa shape index (κ3) is 4.41. The number of ether oxygens (including phenoxy) is 1. The summed E-state index contributed by atoms with van der Waals surface area (Å²) in [6.45, 7) is 7.47. The van der Waals surface area contributed by atoms with Crippen molar-refractivity contribution in [1.29, 1.82) is 0 Å². The van der Waals surface area contributed by atoms with Gasteiger partial charge in [-0.1, -0.05) is 19.4 Å². The molecule has 1 aliphatic rings. The van der Waals surface area contributed by atoms with Crippen LogP contribution in [0, 0.1) is 5.82 Å². The van der Waals surface area contributed by atoms with Crippen LogP contribution in [-0.4, -0.2) is 43.6 Å². The fourth-order valence-corrected chi connectivity index (χ4v) is 2.81. The zero-order valence-electron chi connectivity index (χ0n) is 13.6. The lowest BCUT2D eigenvalue weighted by atomic mass is 9.97. The summed E-state index contributed by atoms with van der Waals surface area (Å²) in [6.07, 6.45) is 1.88. The molecule has 1 aliphatic heterocycles. The van der Waals surface area contributed by atoms with Crippen LogP contribution in [0.25, 0.3) is 0 Å². The van der Waals surface area contributed by atoms with Crippen molar-refractivity contribution in [2.24, 2.45) is 0 Å². The van der Waals surface area contributed by atoms with E-state index in [2.05, 4.69) is 12.2 Å². The summed E-state index contributed by atoms with van der Waals surface area (Å²) in [7, 11) is 0. The minimum Gasteiger partial charge on any atom is -0.394 e. The average molecular weight is 310 g/mol. The van der Waals surface area contributed by atoms with Gasteiger partial charge in [0.1, 0.15) is 5.82 Å². The Labute approximate surface area is 132 Å². The van der Waals surface area contributed by atoms with E-state index in [0.717, 1.165) is 31.5 Å². The Kier molecular flexibility index (Phi) is 6.17. The van der Waals surface area contributed by atoms with E-state index in [0.29, 0.717) is 25.4 Å². The molecule has 0 spiro atoms. The normalized spacial score (nSPS) is 18.3. The van der Waals surface area contributed by atoms with Gasteiger partial charge in [0.15, 0.2) is 0 Å². The molecule has 1 unspecified atom stereocenters. The summed E-state index contributed by atoms with van der Waals surface area (Å²) >= 11 is 0. The second-order valence-corrected chi connectivity index (χ2v) is 6.21. The van der Waals surface area contributed by atoms with Crippen LogP contribution in [0.3, 0.4) is 0 Å². The van der Waals surface area contributed by atoms with Crippen LogP contribution in [-0.2, 0) is 11.3 Å². The van der Waals surface area contributed by atoms with Gasteiger partial charge in [0.05, 0.1) is 25.5 Å². The quantitative estimate of drug-likeness (QED) is 0.811. The number of aliphatic hydroxyl groups is 1. The Morgan fingerprint density at radius 2 is 2.09 bits per heavy atom. The standard InChI is InChI=1S/C17H27FN2O2/c1-3-6-17(2,13-21)19-12-14-4-5-16(15(18)11-14)20-7-9-22-10-8-20/h4-5,11,19,21H,3,6-10,12-13H2,1-2H3. The summed E-state index contributed by atoms with van der Waals surface area (Å²) in [5, 5.41) is 12.8. The number of nitrogens with one attached hydrogen (secondary N) is 1. The zero-order valence-corrected chi connectivity index (χ0v) is 13.6. The molecule has 124 valence electrons. The number of morpholine rings is 1. The molecule has 22 heavy (non-hydrogen) atoms. The fraction of sp³-hybridized carbons (Fsp3) is 0.647. The van der Waals surface area contributed by atoms with E-state index < -0.39 is 0 Å². The predicted molar refractivity (Wildman–Crippen MR) is 86.7 cm³/mol. The lowest BCUT2D eigenvalue weighted by molar-refractivity contribution is 0.122. The first kappa shape index (κ1) is 17.2. The van der Waals surface area contributed by atoms with Crippen molar-refractivity contribution in [3.05, 3.63) is 29.6 Å². The van der Waals surface area contributed by atoms with Crippen molar-refractivity contribution < 1.29 is 14.2 Å². The molecule has 1 aromatic carbocycles. The average Bonchev–Trinajstić information content (AvgIpc) is 2.54. The first-order valence-corrected chi connectivity index (χ1v) is 8.05. The Morgan fingerprint density at radius 3 is 2.68 bits per heavy atom. The van der Waals surface area contributed by atoms with Crippen molar-refractivity contribution >= 4 is 5.69 Å². The van der Waals surface area contributed by atoms with Crippen LogP contribution in [0.1, 0.15) is 32.3 Å². The number of anilines is 1. The van der Waals surface area contributed by atoms with Gasteiger partial charge in [0.2, 0.25) is 0 Å². The second-order valence-electron chi connectivity index (χ2n) is 6.21. The van der Waals surface area contributed by atoms with Gasteiger partial charge in [-0.15, -0.1) is 0 Å². The van der Waals surface area contributed by atoms with E-state index in [-0.39, 0.29) is 18.0 Å². The van der Waals surface area contributed by atoms with Gasteiger partial charge < -0.3 is 20.1 Å². The maximum atomic E-state index is 14.3. The molecule has 1 saturated heterocycles. The van der Waals surface area contributed by atoms with E-state index in [1.54, 1.807) is 6.07 Å². The van der Waals surface area contributed by atoms with Crippen LogP contribution in [0.4, 0.5) is 10.1 Å². The van der Waals surface area contributed by atoms with E-state index in [1.807, 2.05) is 24.0 Å². The Balaban J connectivity index is 1.99. The van der Waals surface area contributed by atoms with Crippen LogP contribution in [0.5, 0.6) is 0 Å². The number of hydrogen-bond donors (Lipinski definition) is 2. The van der Waals surface area contributed by atoms with Gasteiger partial charge in [-0.3, -0.25) is 0 Å². The highest BCUT2D eigenvalue weighted by Crippen LogP contribution is 2.22. The number of hydrogen-bond acceptors (Lipinski definition) is 4. The Hall–Kier alpha value is -1.17. The molecule has 0 aromatic heterocycles. The third-order valence-electron chi connectivity index (χ3n) is 4.23. The summed E-state index contributed by atoms with van der Waals surface area (Å²) in [5.41, 5.74) is 1.23. The molecule has 4 nitrogen and oxygen atoms in total. The smallest absolute Gasteiger partial charge is 0.146 e. The number of rotatable bonds is 7. The Morgan fingerprint density at radius 1 is 1.36 bits per heavy atom. The van der Waals surface area contributed by atoms with Gasteiger partial charge in [-0.25, -0.2) is 4.39 Å². The molecule has 1 fully saturated rings. The molecular formula is C17H27FN2O2. The SMILES string of the molecule is CCCC(C)(CO)NCc1ccc(N2CCOCC2)c(F)c1. The van der Waals surface area contributed by atoms with E-state index in [1.165, 1.54) is 0 Å². The highest BCUT2D eigenvalue weighted by molar-refractivity contribution is 5.49. The van der Waals surface area contributed by atoms with Gasteiger partial charge in [0.25, 0.3) is 0 Å². The Bertz CT molecular complexity index is 478. The molecule has 0 aliphatic carbocycles. The molecular weight excluding hydrogens is 283 g/mol. The van der Waals surface area contributed by atoms with Crippen molar-refractivity contribution in [2.75, 3.05) is 37.8 Å². The van der Waals surface area contributed by atoms with Crippen molar-refractivity contribution in [3.63, 3.8) is 0 Å². The molecule has 0 amide bonds. The lowest BCUT2D eigenvalue weighted by Gasteiger charge is -2.30. The number of nitrogens with zero attached hydrogens (tertiary/aromatic N) is 1. The molecule has 1 aromatic rings. The molecule has 5 heteroatoms. The minimum atomic E-state index is -0.311. The predicted octanol–water partition coefficient (Wildman–Crippen LogP) is 2.30.